The second-order valence-corrected chi connectivity index (χ2v) is 4.61. The lowest BCUT2D eigenvalue weighted by atomic mass is 10.0. The lowest BCUT2D eigenvalue weighted by Crippen LogP contribution is -2.29. The van der Waals surface area contributed by atoms with Gasteiger partial charge in [-0.3, -0.25) is 0 Å². The minimum absolute atomic E-state index is 0.124. The summed E-state index contributed by atoms with van der Waals surface area (Å²) in [6.45, 7) is 4.23. The smallest absolute Gasteiger partial charge is 0.179 e. The van der Waals surface area contributed by atoms with Crippen LogP contribution >= 0.6 is 0 Å². The molecule has 0 aliphatic heterocycles. The number of fused-ring (bicyclic) bond motifs is 1. The molecule has 17 heavy (non-hydrogen) atoms. The number of nitrogens with two attached hydrogens (primary N) is 1. The minimum Gasteiger partial charge on any atom is -0.373 e. The molecule has 0 bridgehead atoms. The van der Waals surface area contributed by atoms with Crippen molar-refractivity contribution in [1.82, 2.24) is 15.0 Å². The highest BCUT2D eigenvalue weighted by atomic mass is 15.0. The maximum atomic E-state index is 6.03. The summed E-state index contributed by atoms with van der Waals surface area (Å²) in [4.78, 5) is 12.1. The number of aromatic nitrogens is 3. The average molecular weight is 233 g/mol. The Kier molecular flexibility index (Phi) is 3.28. The van der Waals surface area contributed by atoms with E-state index in [1.165, 1.54) is 0 Å². The first-order valence-corrected chi connectivity index (χ1v) is 5.89. The van der Waals surface area contributed by atoms with Crippen LogP contribution in [0.5, 0.6) is 0 Å². The van der Waals surface area contributed by atoms with Crippen LogP contribution in [0.4, 0.5) is 5.82 Å². The van der Waals surface area contributed by atoms with Crippen LogP contribution in [0.3, 0.4) is 0 Å². The number of aromatic amines is 1. The second-order valence-electron chi connectivity index (χ2n) is 4.61. The van der Waals surface area contributed by atoms with Gasteiger partial charge in [-0.2, -0.15) is 0 Å². The molecular weight excluding hydrogens is 214 g/mol. The molecule has 0 spiro atoms. The maximum absolute atomic E-state index is 6.03. The number of pyridine rings is 1. The van der Waals surface area contributed by atoms with E-state index in [1.54, 1.807) is 0 Å². The number of H-pyrrole nitrogens is 1. The van der Waals surface area contributed by atoms with Gasteiger partial charge in [-0.05, 0) is 18.1 Å². The van der Waals surface area contributed by atoms with Crippen molar-refractivity contribution in [2.45, 2.75) is 26.3 Å². The third-order valence-corrected chi connectivity index (χ3v) is 2.94. The van der Waals surface area contributed by atoms with Crippen LogP contribution < -0.4 is 11.1 Å². The summed E-state index contributed by atoms with van der Waals surface area (Å²) in [6, 6.07) is 4.03. The summed E-state index contributed by atoms with van der Waals surface area (Å²) in [7, 11) is 1.84. The van der Waals surface area contributed by atoms with Crippen molar-refractivity contribution in [3.8, 4) is 0 Å². The molecule has 2 aromatic rings. The predicted molar refractivity (Wildman–Crippen MR) is 70.0 cm³/mol. The molecule has 2 aromatic heterocycles. The molecule has 0 aromatic carbocycles. The fourth-order valence-electron chi connectivity index (χ4n) is 1.64. The van der Waals surface area contributed by atoms with Gasteiger partial charge in [0.2, 0.25) is 0 Å². The maximum Gasteiger partial charge on any atom is 0.179 e. The molecule has 92 valence electrons. The highest BCUT2D eigenvalue weighted by Crippen LogP contribution is 2.14. The Balaban J connectivity index is 2.25. The minimum atomic E-state index is 0.124. The zero-order valence-electron chi connectivity index (χ0n) is 10.5. The molecular formula is C12H19N5. The van der Waals surface area contributed by atoms with Crippen LogP contribution in [0.1, 0.15) is 19.7 Å². The molecule has 0 fully saturated rings. The first kappa shape index (κ1) is 11.9. The molecule has 0 amide bonds. The summed E-state index contributed by atoms with van der Waals surface area (Å²) in [5.74, 6) is 2.18. The van der Waals surface area contributed by atoms with Gasteiger partial charge in [0.1, 0.15) is 11.6 Å². The van der Waals surface area contributed by atoms with E-state index < -0.39 is 0 Å². The lowest BCUT2D eigenvalue weighted by molar-refractivity contribution is 0.483. The van der Waals surface area contributed by atoms with Crippen molar-refractivity contribution in [1.29, 1.82) is 0 Å². The Hall–Kier alpha value is -1.62. The first-order valence-electron chi connectivity index (χ1n) is 5.89. The molecule has 0 saturated heterocycles. The monoisotopic (exact) mass is 233 g/mol. The van der Waals surface area contributed by atoms with Crippen molar-refractivity contribution < 1.29 is 0 Å². The zero-order chi connectivity index (χ0) is 12.4. The van der Waals surface area contributed by atoms with Crippen molar-refractivity contribution in [3.05, 3.63) is 18.0 Å². The SMILES string of the molecule is CNc1ccc2[nH]c(CC(N)C(C)C)nc2n1. The summed E-state index contributed by atoms with van der Waals surface area (Å²) in [5, 5.41) is 3.00. The number of rotatable bonds is 4. The van der Waals surface area contributed by atoms with Gasteiger partial charge in [0, 0.05) is 19.5 Å². The quantitative estimate of drug-likeness (QED) is 0.748. The Morgan fingerprint density at radius 3 is 2.76 bits per heavy atom. The van der Waals surface area contributed by atoms with E-state index in [4.69, 9.17) is 5.73 Å². The Morgan fingerprint density at radius 2 is 2.12 bits per heavy atom. The van der Waals surface area contributed by atoms with Gasteiger partial charge in [0.15, 0.2) is 5.65 Å². The number of nitrogens with zero attached hydrogens (tertiary/aromatic N) is 2. The van der Waals surface area contributed by atoms with E-state index in [0.717, 1.165) is 29.2 Å². The molecule has 0 aliphatic carbocycles. The Labute approximate surface area is 101 Å². The number of nitrogens with one attached hydrogen (secondary N) is 2. The van der Waals surface area contributed by atoms with Crippen LogP contribution in [0.15, 0.2) is 12.1 Å². The van der Waals surface area contributed by atoms with Crippen LogP contribution in [0.2, 0.25) is 0 Å². The van der Waals surface area contributed by atoms with E-state index in [-0.39, 0.29) is 6.04 Å². The number of hydrogen-bond acceptors (Lipinski definition) is 4. The molecule has 1 atom stereocenters. The molecule has 5 nitrogen and oxygen atoms in total. The third kappa shape index (κ3) is 2.55. The third-order valence-electron chi connectivity index (χ3n) is 2.94. The molecule has 2 heterocycles. The van der Waals surface area contributed by atoms with Crippen LogP contribution in [0.25, 0.3) is 11.2 Å². The summed E-state index contributed by atoms with van der Waals surface area (Å²) in [6.07, 6.45) is 0.753. The van der Waals surface area contributed by atoms with E-state index in [1.807, 2.05) is 19.2 Å². The molecule has 0 radical (unpaired) electrons. The molecule has 2 rings (SSSR count). The number of anilines is 1. The normalized spacial score (nSPS) is 13.2. The van der Waals surface area contributed by atoms with E-state index in [2.05, 4.69) is 34.1 Å². The van der Waals surface area contributed by atoms with Gasteiger partial charge in [0.25, 0.3) is 0 Å². The molecule has 4 N–H and O–H groups in total. The van der Waals surface area contributed by atoms with Crippen molar-refractivity contribution in [3.63, 3.8) is 0 Å². The van der Waals surface area contributed by atoms with Crippen molar-refractivity contribution >= 4 is 17.0 Å². The zero-order valence-corrected chi connectivity index (χ0v) is 10.5. The van der Waals surface area contributed by atoms with E-state index >= 15 is 0 Å². The van der Waals surface area contributed by atoms with Crippen LogP contribution in [0, 0.1) is 5.92 Å². The van der Waals surface area contributed by atoms with Gasteiger partial charge in [0.05, 0.1) is 5.52 Å². The summed E-state index contributed by atoms with van der Waals surface area (Å²) >= 11 is 0. The van der Waals surface area contributed by atoms with Crippen LogP contribution in [-0.2, 0) is 6.42 Å². The predicted octanol–water partition coefficient (Wildman–Crippen LogP) is 1.53. The summed E-state index contributed by atoms with van der Waals surface area (Å²) in [5.41, 5.74) is 7.73. The van der Waals surface area contributed by atoms with Gasteiger partial charge in [-0.1, -0.05) is 13.8 Å². The first-order chi connectivity index (χ1) is 8.10. The largest absolute Gasteiger partial charge is 0.373 e. The van der Waals surface area contributed by atoms with Crippen LogP contribution in [-0.4, -0.2) is 28.0 Å². The number of hydrogen-bond donors (Lipinski definition) is 3. The van der Waals surface area contributed by atoms with Gasteiger partial charge >= 0.3 is 0 Å². The van der Waals surface area contributed by atoms with Crippen molar-refractivity contribution in [2.24, 2.45) is 11.7 Å². The van der Waals surface area contributed by atoms with Crippen molar-refractivity contribution in [2.75, 3.05) is 12.4 Å². The lowest BCUT2D eigenvalue weighted by Gasteiger charge is -2.13. The fourth-order valence-corrected chi connectivity index (χ4v) is 1.64. The Morgan fingerprint density at radius 1 is 1.35 bits per heavy atom. The topological polar surface area (TPSA) is 79.6 Å². The highest BCUT2D eigenvalue weighted by molar-refractivity contribution is 5.72. The van der Waals surface area contributed by atoms with Gasteiger partial charge in [-0.15, -0.1) is 0 Å². The van der Waals surface area contributed by atoms with Gasteiger partial charge < -0.3 is 16.0 Å². The highest BCUT2D eigenvalue weighted by Gasteiger charge is 2.12. The van der Waals surface area contributed by atoms with Gasteiger partial charge in [-0.25, -0.2) is 9.97 Å². The van der Waals surface area contributed by atoms with E-state index in [9.17, 15) is 0 Å². The summed E-state index contributed by atoms with van der Waals surface area (Å²) < 4.78 is 0. The molecule has 1 unspecified atom stereocenters. The second kappa shape index (κ2) is 4.71. The standard InChI is InChI=1S/C12H19N5/c1-7(2)8(13)6-11-15-9-4-5-10(14-3)16-12(9)17-11/h4-5,7-8H,6,13H2,1-3H3,(H2,14,15,16,17). The molecule has 0 aliphatic rings. The molecule has 5 heteroatoms. The average Bonchev–Trinajstić information content (AvgIpc) is 2.69. The fraction of sp³-hybridized carbons (Fsp3) is 0.500. The Bertz CT molecular complexity index is 503. The number of imidazole rings is 1. The molecule has 0 saturated carbocycles. The van der Waals surface area contributed by atoms with E-state index in [0.29, 0.717) is 5.92 Å².